The first-order chi connectivity index (χ1) is 11.6. The molecule has 0 fully saturated rings. The second kappa shape index (κ2) is 7.94. The predicted octanol–water partition coefficient (Wildman–Crippen LogP) is 2.32. The van der Waals surface area contributed by atoms with Crippen LogP contribution in [-0.2, 0) is 4.79 Å². The van der Waals surface area contributed by atoms with Crippen LogP contribution in [0.4, 0.5) is 5.69 Å². The number of benzene rings is 2. The van der Waals surface area contributed by atoms with Crippen LogP contribution in [0.1, 0.15) is 17.2 Å². The van der Waals surface area contributed by atoms with E-state index >= 15 is 0 Å². The first-order valence-corrected chi connectivity index (χ1v) is 7.25. The van der Waals surface area contributed by atoms with Crippen LogP contribution in [0.15, 0.2) is 54.7 Å². The van der Waals surface area contributed by atoms with Crippen LogP contribution in [0, 0.1) is 5.41 Å². The highest BCUT2D eigenvalue weighted by atomic mass is 16.5. The lowest BCUT2D eigenvalue weighted by Crippen LogP contribution is -2.20. The molecule has 2 aromatic carbocycles. The summed E-state index contributed by atoms with van der Waals surface area (Å²) in [5.74, 6) is -0.0835. The summed E-state index contributed by atoms with van der Waals surface area (Å²) in [4.78, 5) is 12.2. The third-order valence-corrected chi connectivity index (χ3v) is 3.48. The number of carbonyl (C=O) groups is 1. The molecule has 2 rings (SSSR count). The number of rotatable bonds is 6. The van der Waals surface area contributed by atoms with Crippen molar-refractivity contribution >= 4 is 23.4 Å². The van der Waals surface area contributed by atoms with Crippen molar-refractivity contribution in [1.29, 1.82) is 5.41 Å². The molecule has 1 atom stereocenters. The number of methoxy groups -OCH3 is 1. The van der Waals surface area contributed by atoms with Gasteiger partial charge in [0, 0.05) is 35.3 Å². The fourth-order valence-corrected chi connectivity index (χ4v) is 2.22. The molecular weight excluding hydrogens is 306 g/mol. The van der Waals surface area contributed by atoms with Crippen molar-refractivity contribution in [2.24, 2.45) is 5.73 Å². The van der Waals surface area contributed by atoms with E-state index < -0.39 is 12.0 Å². The normalized spacial score (nSPS) is 12.3. The van der Waals surface area contributed by atoms with Crippen LogP contribution < -0.4 is 15.8 Å². The molecule has 5 N–H and O–H groups in total. The monoisotopic (exact) mass is 325 g/mol. The van der Waals surface area contributed by atoms with Crippen LogP contribution in [0.3, 0.4) is 0 Å². The highest BCUT2D eigenvalue weighted by Crippen LogP contribution is 2.28. The lowest BCUT2D eigenvalue weighted by molar-refractivity contribution is -0.124. The number of aliphatic hydroxyl groups excluding tert-OH is 1. The molecule has 0 aliphatic heterocycles. The standard InChI is InChI=1S/C18H19N3O3/c1-24-16-9-14(7-8-15(16)13(10-19)11-20)21-18(23)17(22)12-5-3-2-4-6-12/h2-11,17,19,22H,20H2,1H3,(H,21,23)/b13-11+,19-10?. The van der Waals surface area contributed by atoms with Gasteiger partial charge in [-0.15, -0.1) is 0 Å². The Morgan fingerprint density at radius 1 is 1.29 bits per heavy atom. The Morgan fingerprint density at radius 2 is 2.00 bits per heavy atom. The minimum Gasteiger partial charge on any atom is -0.496 e. The summed E-state index contributed by atoms with van der Waals surface area (Å²) in [5.41, 5.74) is 7.60. The van der Waals surface area contributed by atoms with Gasteiger partial charge in [0.15, 0.2) is 6.10 Å². The van der Waals surface area contributed by atoms with Gasteiger partial charge in [-0.3, -0.25) is 4.79 Å². The summed E-state index contributed by atoms with van der Waals surface area (Å²) in [6.45, 7) is 0. The molecule has 0 bridgehead atoms. The van der Waals surface area contributed by atoms with Gasteiger partial charge in [0.25, 0.3) is 5.91 Å². The fraction of sp³-hybridized carbons (Fsp3) is 0.111. The number of nitrogens with one attached hydrogen (secondary N) is 2. The van der Waals surface area contributed by atoms with E-state index in [-0.39, 0.29) is 0 Å². The molecule has 6 nitrogen and oxygen atoms in total. The van der Waals surface area contributed by atoms with Crippen molar-refractivity contribution in [3.05, 3.63) is 65.9 Å². The summed E-state index contributed by atoms with van der Waals surface area (Å²) in [7, 11) is 1.49. The number of carbonyl (C=O) groups excluding carboxylic acids is 1. The van der Waals surface area contributed by atoms with Gasteiger partial charge < -0.3 is 26.3 Å². The molecule has 24 heavy (non-hydrogen) atoms. The summed E-state index contributed by atoms with van der Waals surface area (Å²) >= 11 is 0. The van der Waals surface area contributed by atoms with Gasteiger partial charge >= 0.3 is 0 Å². The molecule has 0 saturated heterocycles. The van der Waals surface area contributed by atoms with Crippen LogP contribution in [-0.4, -0.2) is 24.3 Å². The van der Waals surface area contributed by atoms with Gasteiger partial charge in [0.1, 0.15) is 5.75 Å². The van der Waals surface area contributed by atoms with Crippen molar-refractivity contribution < 1.29 is 14.6 Å². The van der Waals surface area contributed by atoms with Gasteiger partial charge in [-0.2, -0.15) is 0 Å². The van der Waals surface area contributed by atoms with E-state index in [0.29, 0.717) is 28.1 Å². The molecule has 0 saturated carbocycles. The first-order valence-electron chi connectivity index (χ1n) is 7.25. The largest absolute Gasteiger partial charge is 0.496 e. The lowest BCUT2D eigenvalue weighted by atomic mass is 10.1. The fourth-order valence-electron chi connectivity index (χ4n) is 2.22. The number of hydrogen-bond donors (Lipinski definition) is 4. The molecule has 0 spiro atoms. The molecule has 124 valence electrons. The van der Waals surface area contributed by atoms with Gasteiger partial charge in [-0.05, 0) is 17.7 Å². The van der Waals surface area contributed by atoms with Gasteiger partial charge in [0.05, 0.1) is 7.11 Å². The van der Waals surface area contributed by atoms with Crippen molar-refractivity contribution in [2.45, 2.75) is 6.10 Å². The van der Waals surface area contributed by atoms with Crippen LogP contribution >= 0.6 is 0 Å². The summed E-state index contributed by atoms with van der Waals surface area (Å²) in [6, 6.07) is 13.6. The Bertz CT molecular complexity index is 757. The maximum Gasteiger partial charge on any atom is 0.257 e. The molecule has 0 radical (unpaired) electrons. The number of nitrogens with two attached hydrogens (primary N) is 1. The van der Waals surface area contributed by atoms with E-state index in [4.69, 9.17) is 15.9 Å². The Kier molecular flexibility index (Phi) is 5.70. The van der Waals surface area contributed by atoms with Crippen molar-refractivity contribution in [3.8, 4) is 5.75 Å². The van der Waals surface area contributed by atoms with E-state index in [2.05, 4.69) is 5.32 Å². The SMILES string of the molecule is COc1cc(NC(=O)C(O)c2ccccc2)ccc1/C(C=N)=C/N. The topological polar surface area (TPSA) is 108 Å². The van der Waals surface area contributed by atoms with Crippen LogP contribution in [0.25, 0.3) is 5.57 Å². The van der Waals surface area contributed by atoms with Crippen molar-refractivity contribution in [2.75, 3.05) is 12.4 Å². The summed E-state index contributed by atoms with van der Waals surface area (Å²) < 4.78 is 5.28. The van der Waals surface area contributed by atoms with E-state index in [1.807, 2.05) is 6.07 Å². The number of ether oxygens (including phenoxy) is 1. The highest BCUT2D eigenvalue weighted by Gasteiger charge is 2.18. The number of allylic oxidation sites excluding steroid dienone is 1. The number of amides is 1. The lowest BCUT2D eigenvalue weighted by Gasteiger charge is -2.14. The Morgan fingerprint density at radius 3 is 2.58 bits per heavy atom. The predicted molar refractivity (Wildman–Crippen MR) is 94.0 cm³/mol. The summed E-state index contributed by atoms with van der Waals surface area (Å²) in [6.07, 6.45) is 1.16. The molecular formula is C18H19N3O3. The molecule has 1 amide bonds. The molecule has 2 aromatic rings. The maximum atomic E-state index is 12.2. The summed E-state index contributed by atoms with van der Waals surface area (Å²) in [5, 5.41) is 20.1. The van der Waals surface area contributed by atoms with E-state index in [0.717, 1.165) is 6.21 Å². The molecule has 0 aliphatic carbocycles. The average molecular weight is 325 g/mol. The maximum absolute atomic E-state index is 12.2. The van der Waals surface area contributed by atoms with Gasteiger partial charge in [-0.1, -0.05) is 30.3 Å². The van der Waals surface area contributed by atoms with E-state index in [9.17, 15) is 9.90 Å². The highest BCUT2D eigenvalue weighted by molar-refractivity contribution is 6.09. The Labute approximate surface area is 140 Å². The average Bonchev–Trinajstić information content (AvgIpc) is 2.63. The van der Waals surface area contributed by atoms with Crippen LogP contribution in [0.2, 0.25) is 0 Å². The molecule has 0 aliphatic rings. The third-order valence-electron chi connectivity index (χ3n) is 3.48. The Balaban J connectivity index is 2.21. The molecule has 0 aromatic heterocycles. The van der Waals surface area contributed by atoms with Gasteiger partial charge in [-0.25, -0.2) is 0 Å². The quantitative estimate of drug-likeness (QED) is 0.611. The van der Waals surface area contributed by atoms with E-state index in [1.54, 1.807) is 42.5 Å². The molecule has 1 unspecified atom stereocenters. The minimum atomic E-state index is -1.27. The van der Waals surface area contributed by atoms with Gasteiger partial charge in [0.2, 0.25) is 0 Å². The third kappa shape index (κ3) is 3.80. The zero-order chi connectivity index (χ0) is 17.5. The number of anilines is 1. The number of hydrogen-bond acceptors (Lipinski definition) is 5. The zero-order valence-electron chi connectivity index (χ0n) is 13.2. The zero-order valence-corrected chi connectivity index (χ0v) is 13.2. The van der Waals surface area contributed by atoms with Crippen molar-refractivity contribution in [1.82, 2.24) is 0 Å². The van der Waals surface area contributed by atoms with Crippen molar-refractivity contribution in [3.63, 3.8) is 0 Å². The second-order valence-corrected chi connectivity index (χ2v) is 4.98. The Hall–Kier alpha value is -3.12. The smallest absolute Gasteiger partial charge is 0.257 e. The van der Waals surface area contributed by atoms with Crippen LogP contribution in [0.5, 0.6) is 5.75 Å². The first kappa shape index (κ1) is 17.2. The number of aliphatic hydroxyl groups is 1. The van der Waals surface area contributed by atoms with E-state index in [1.165, 1.54) is 13.3 Å². The molecule has 6 heteroatoms. The second-order valence-electron chi connectivity index (χ2n) is 4.98. The molecule has 0 heterocycles. The minimum absolute atomic E-state index is 0.460.